The first-order valence-corrected chi connectivity index (χ1v) is 16.3. The number of hydrogen-bond donors (Lipinski definition) is 7. The van der Waals surface area contributed by atoms with Crippen LogP contribution < -0.4 is 37.1 Å². The molecule has 0 fully saturated rings. The summed E-state index contributed by atoms with van der Waals surface area (Å²) in [5.74, 6) is -2.82. The van der Waals surface area contributed by atoms with Crippen molar-refractivity contribution in [1.82, 2.24) is 26.6 Å². The number of benzene rings is 1. The van der Waals surface area contributed by atoms with Crippen LogP contribution in [0.25, 0.3) is 9.75 Å². The van der Waals surface area contributed by atoms with E-state index in [0.717, 1.165) is 15.3 Å². The maximum Gasteiger partial charge on any atom is 0.262 e. The number of thiophene rings is 2. The van der Waals surface area contributed by atoms with Crippen LogP contribution >= 0.6 is 35.3 Å². The quantitative estimate of drug-likeness (QED) is 0.103. The number of amides is 6. The van der Waals surface area contributed by atoms with Crippen molar-refractivity contribution in [3.8, 4) is 15.5 Å². The number of rotatable bonds is 17. The molecule has 3 atom stereocenters. The third-order valence-corrected chi connectivity index (χ3v) is 9.25. The molecule has 0 radical (unpaired) electrons. The van der Waals surface area contributed by atoms with Crippen LogP contribution in [0.3, 0.4) is 0 Å². The van der Waals surface area contributed by atoms with Gasteiger partial charge in [-0.1, -0.05) is 18.2 Å². The van der Waals surface area contributed by atoms with Crippen LogP contribution in [0.4, 0.5) is 0 Å². The Morgan fingerprint density at radius 2 is 1.63 bits per heavy atom. The molecular formula is C30H36N6O7S3. The predicted molar refractivity (Wildman–Crippen MR) is 179 cm³/mol. The average Bonchev–Trinajstić information content (AvgIpc) is 3.76. The summed E-state index contributed by atoms with van der Waals surface area (Å²) in [6.07, 6.45) is -0.165. The fraction of sp³-hybridized carbons (Fsp3) is 0.333. The molecule has 3 rings (SSSR count). The van der Waals surface area contributed by atoms with E-state index in [-0.39, 0.29) is 25.9 Å². The molecule has 0 spiro atoms. The lowest BCUT2D eigenvalue weighted by Gasteiger charge is -2.24. The second-order valence-electron chi connectivity index (χ2n) is 10.0. The third-order valence-electron chi connectivity index (χ3n) is 6.50. The Hall–Kier alpha value is -4.41. The zero-order valence-electron chi connectivity index (χ0n) is 25.2. The molecule has 6 amide bonds. The summed E-state index contributed by atoms with van der Waals surface area (Å²) in [5, 5.41) is 13.6. The van der Waals surface area contributed by atoms with Gasteiger partial charge >= 0.3 is 0 Å². The molecule has 0 aliphatic heterocycles. The van der Waals surface area contributed by atoms with Crippen LogP contribution in [-0.4, -0.2) is 73.0 Å². The van der Waals surface area contributed by atoms with Gasteiger partial charge in [0.15, 0.2) is 0 Å². The number of methoxy groups -OCH3 is 1. The Balaban J connectivity index is 1.45. The standard InChI is InChI=1S/C30H36N6O7S3/c1-17(35-29(41)23-10-9-22(46-23)21-7-4-12-45-21)28(40)33-16-26(39)36-20(8-11-24(31)37)27(44)30(42)34-15-25(38)32-14-18-5-3-6-19(13-18)43-2/h3-7,9-10,12-13,17,20,27,44H,8,11,14-16H2,1-2H3,(H2,31,37)(H,32,38)(H,33,40)(H,34,42)(H,35,41)(H,36,39)/t17?,20-,27?/m0/s1. The molecule has 2 unspecified atom stereocenters. The highest BCUT2D eigenvalue weighted by atomic mass is 32.1. The van der Waals surface area contributed by atoms with Gasteiger partial charge in [-0.05, 0) is 54.6 Å². The summed E-state index contributed by atoms with van der Waals surface area (Å²) in [5.41, 5.74) is 6.06. The fourth-order valence-corrected chi connectivity index (χ4v) is 6.09. The number of carbonyl (C=O) groups excluding carboxylic acids is 6. The lowest BCUT2D eigenvalue weighted by Crippen LogP contribution is -2.52. The highest BCUT2D eigenvalue weighted by Crippen LogP contribution is 2.31. The van der Waals surface area contributed by atoms with E-state index in [1.807, 2.05) is 29.6 Å². The molecule has 7 N–H and O–H groups in total. The van der Waals surface area contributed by atoms with Gasteiger partial charge in [0.05, 0.1) is 25.1 Å². The van der Waals surface area contributed by atoms with E-state index in [1.165, 1.54) is 25.4 Å². The van der Waals surface area contributed by atoms with Gasteiger partial charge < -0.3 is 37.1 Å². The van der Waals surface area contributed by atoms with Gasteiger partial charge in [-0.3, -0.25) is 28.8 Å². The smallest absolute Gasteiger partial charge is 0.262 e. The molecule has 0 aliphatic rings. The molecule has 0 saturated heterocycles. The van der Waals surface area contributed by atoms with Crippen LogP contribution in [0.5, 0.6) is 5.75 Å². The van der Waals surface area contributed by atoms with Crippen molar-refractivity contribution < 1.29 is 33.5 Å². The van der Waals surface area contributed by atoms with Crippen molar-refractivity contribution in [1.29, 1.82) is 0 Å². The summed E-state index contributed by atoms with van der Waals surface area (Å²) in [7, 11) is 1.54. The minimum absolute atomic E-state index is 0.0145. The molecule has 1 aromatic carbocycles. The molecule has 246 valence electrons. The predicted octanol–water partition coefficient (Wildman–Crippen LogP) is 1.20. The molecule has 0 saturated carbocycles. The van der Waals surface area contributed by atoms with Gasteiger partial charge in [0, 0.05) is 28.8 Å². The van der Waals surface area contributed by atoms with Gasteiger partial charge in [-0.25, -0.2) is 0 Å². The molecule has 2 heterocycles. The van der Waals surface area contributed by atoms with Gasteiger partial charge in [-0.15, -0.1) is 22.7 Å². The Kier molecular flexibility index (Phi) is 14.0. The van der Waals surface area contributed by atoms with Crippen LogP contribution in [-0.2, 0) is 30.5 Å². The molecule has 0 bridgehead atoms. The SMILES string of the molecule is COc1cccc(CNC(=O)CNC(=O)C(S)[C@H](CCC(N)=O)NC(=O)CNC(=O)C(C)NC(=O)c2ccc(-c3cccs3)s2)c1. The van der Waals surface area contributed by atoms with E-state index >= 15 is 0 Å². The van der Waals surface area contributed by atoms with Gasteiger partial charge in [0.25, 0.3) is 5.91 Å². The van der Waals surface area contributed by atoms with Crippen molar-refractivity contribution in [2.75, 3.05) is 20.2 Å². The Labute approximate surface area is 279 Å². The van der Waals surface area contributed by atoms with E-state index in [9.17, 15) is 28.8 Å². The minimum atomic E-state index is -1.15. The zero-order valence-corrected chi connectivity index (χ0v) is 27.7. The molecule has 16 heteroatoms. The molecule has 13 nitrogen and oxygen atoms in total. The molecule has 2 aromatic heterocycles. The summed E-state index contributed by atoms with van der Waals surface area (Å²) in [6.45, 7) is 0.876. The van der Waals surface area contributed by atoms with Crippen molar-refractivity contribution in [2.24, 2.45) is 5.73 Å². The number of primary amides is 1. The maximum absolute atomic E-state index is 12.8. The topological polar surface area (TPSA) is 198 Å². The lowest BCUT2D eigenvalue weighted by molar-refractivity contribution is -0.128. The molecule has 0 aliphatic carbocycles. The van der Waals surface area contributed by atoms with Crippen molar-refractivity contribution in [3.05, 3.63) is 64.4 Å². The molecule has 3 aromatic rings. The van der Waals surface area contributed by atoms with E-state index in [2.05, 4.69) is 39.2 Å². The van der Waals surface area contributed by atoms with Gasteiger partial charge in [-0.2, -0.15) is 12.6 Å². The Morgan fingerprint density at radius 3 is 2.33 bits per heavy atom. The highest BCUT2D eigenvalue weighted by Gasteiger charge is 2.28. The second-order valence-corrected chi connectivity index (χ2v) is 12.6. The summed E-state index contributed by atoms with van der Waals surface area (Å²) >= 11 is 7.16. The van der Waals surface area contributed by atoms with E-state index in [0.29, 0.717) is 10.6 Å². The fourth-order valence-electron chi connectivity index (χ4n) is 4.03. The van der Waals surface area contributed by atoms with E-state index in [1.54, 1.807) is 35.6 Å². The normalized spacial score (nSPS) is 12.6. The largest absolute Gasteiger partial charge is 0.497 e. The summed E-state index contributed by atoms with van der Waals surface area (Å²) in [4.78, 5) is 76.7. The van der Waals surface area contributed by atoms with E-state index < -0.39 is 59.3 Å². The zero-order chi connectivity index (χ0) is 33.6. The number of nitrogens with two attached hydrogens (primary N) is 1. The highest BCUT2D eigenvalue weighted by molar-refractivity contribution is 7.81. The van der Waals surface area contributed by atoms with Crippen LogP contribution in [0.15, 0.2) is 53.9 Å². The van der Waals surface area contributed by atoms with Crippen LogP contribution in [0.2, 0.25) is 0 Å². The van der Waals surface area contributed by atoms with Crippen LogP contribution in [0, 0.1) is 0 Å². The average molecular weight is 689 g/mol. The lowest BCUT2D eigenvalue weighted by atomic mass is 10.1. The second kappa shape index (κ2) is 17.9. The first-order chi connectivity index (χ1) is 22.0. The minimum Gasteiger partial charge on any atom is -0.497 e. The number of thiol groups is 1. The summed E-state index contributed by atoms with van der Waals surface area (Å²) in [6, 6.07) is 12.6. The maximum atomic E-state index is 12.8. The first kappa shape index (κ1) is 36.1. The Bertz CT molecular complexity index is 1530. The van der Waals surface area contributed by atoms with E-state index in [4.69, 9.17) is 10.5 Å². The van der Waals surface area contributed by atoms with Crippen molar-refractivity contribution in [2.45, 2.75) is 43.6 Å². The third kappa shape index (κ3) is 11.5. The number of carbonyl (C=O) groups is 6. The van der Waals surface area contributed by atoms with Gasteiger partial charge in [0.1, 0.15) is 17.0 Å². The molecular weight excluding hydrogens is 653 g/mol. The van der Waals surface area contributed by atoms with Crippen LogP contribution in [0.1, 0.15) is 35.0 Å². The Morgan fingerprint density at radius 1 is 0.891 bits per heavy atom. The number of hydrogen-bond acceptors (Lipinski definition) is 10. The first-order valence-electron chi connectivity index (χ1n) is 14.1. The number of nitrogens with one attached hydrogen (secondary N) is 5. The van der Waals surface area contributed by atoms with Gasteiger partial charge in [0.2, 0.25) is 29.5 Å². The summed E-state index contributed by atoms with van der Waals surface area (Å²) < 4.78 is 5.16. The monoisotopic (exact) mass is 688 g/mol. The van der Waals surface area contributed by atoms with Crippen molar-refractivity contribution >= 4 is 70.7 Å². The van der Waals surface area contributed by atoms with Crippen molar-refractivity contribution in [3.63, 3.8) is 0 Å². The number of ether oxygens (including phenoxy) is 1. The molecule has 46 heavy (non-hydrogen) atoms.